The first kappa shape index (κ1) is 17.7. The van der Waals surface area contributed by atoms with Crippen molar-refractivity contribution in [3.63, 3.8) is 0 Å². The lowest BCUT2D eigenvalue weighted by molar-refractivity contribution is -0.109. The number of aldehydes is 1. The van der Waals surface area contributed by atoms with Crippen LogP contribution in [0.3, 0.4) is 0 Å². The Morgan fingerprint density at radius 3 is 2.81 bits per heavy atom. The molecule has 0 radical (unpaired) electrons. The van der Waals surface area contributed by atoms with Crippen molar-refractivity contribution in [1.82, 2.24) is 9.97 Å². The fourth-order valence-electron chi connectivity index (χ4n) is 3.77. The number of pyridine rings is 1. The minimum absolute atomic E-state index is 0.0978. The van der Waals surface area contributed by atoms with Crippen LogP contribution in [-0.4, -0.2) is 36.0 Å². The third kappa shape index (κ3) is 3.45. The first-order chi connectivity index (χ1) is 13.3. The highest BCUT2D eigenvalue weighted by Gasteiger charge is 2.35. The zero-order valence-electron chi connectivity index (χ0n) is 15.1. The van der Waals surface area contributed by atoms with Crippen molar-refractivity contribution < 1.29 is 9.53 Å². The second-order valence-corrected chi connectivity index (χ2v) is 7.40. The average Bonchev–Trinajstić information content (AvgIpc) is 3.24. The van der Waals surface area contributed by atoms with E-state index in [0.29, 0.717) is 0 Å². The largest absolute Gasteiger partial charge is 0.496 e. The van der Waals surface area contributed by atoms with E-state index in [0.717, 1.165) is 53.4 Å². The number of carbonyl (C=O) groups is 1. The summed E-state index contributed by atoms with van der Waals surface area (Å²) in [5.41, 5.74) is 3.04. The summed E-state index contributed by atoms with van der Waals surface area (Å²) in [6, 6.07) is 11.6. The number of para-hydroxylation sites is 1. The first-order valence-electron chi connectivity index (χ1n) is 9.02. The van der Waals surface area contributed by atoms with Crippen LogP contribution in [-0.2, 0) is 4.79 Å². The van der Waals surface area contributed by atoms with Crippen molar-refractivity contribution in [1.29, 1.82) is 0 Å². The quantitative estimate of drug-likeness (QED) is 0.623. The van der Waals surface area contributed by atoms with Gasteiger partial charge in [-0.25, -0.2) is 4.98 Å². The zero-order chi connectivity index (χ0) is 18.6. The molecule has 0 N–H and O–H groups in total. The number of benzene rings is 1. The Bertz CT molecular complexity index is 913. The van der Waals surface area contributed by atoms with Gasteiger partial charge in [0.15, 0.2) is 5.13 Å². The molecular formula is C21H21N3O2S. The zero-order valence-corrected chi connectivity index (χ0v) is 15.9. The highest BCUT2D eigenvalue weighted by Crippen LogP contribution is 2.39. The van der Waals surface area contributed by atoms with E-state index in [1.165, 1.54) is 0 Å². The van der Waals surface area contributed by atoms with Crippen LogP contribution in [0, 0.1) is 0 Å². The number of nitrogens with zero attached hydrogens (tertiary/aromatic N) is 3. The summed E-state index contributed by atoms with van der Waals surface area (Å²) in [5, 5.41) is 2.93. The molecule has 1 fully saturated rings. The average molecular weight is 379 g/mol. The maximum Gasteiger partial charge on any atom is 0.186 e. The Morgan fingerprint density at radius 1 is 1.22 bits per heavy atom. The number of aromatic nitrogens is 2. The second-order valence-electron chi connectivity index (χ2n) is 6.56. The van der Waals surface area contributed by atoms with E-state index in [4.69, 9.17) is 9.72 Å². The Labute approximate surface area is 162 Å². The molecule has 0 amide bonds. The molecule has 1 aliphatic rings. The molecule has 4 rings (SSSR count). The molecule has 0 aliphatic carbocycles. The van der Waals surface area contributed by atoms with Gasteiger partial charge in [-0.1, -0.05) is 18.2 Å². The van der Waals surface area contributed by atoms with E-state index in [1.807, 2.05) is 35.7 Å². The SMILES string of the molecule is COc1ccccc1C1CCCN(c2nc(-c3ccncc3)cs2)C1C=O. The van der Waals surface area contributed by atoms with E-state index in [2.05, 4.69) is 16.0 Å². The molecule has 3 heterocycles. The fourth-order valence-corrected chi connectivity index (χ4v) is 4.68. The van der Waals surface area contributed by atoms with Crippen LogP contribution < -0.4 is 9.64 Å². The molecule has 27 heavy (non-hydrogen) atoms. The molecule has 0 bridgehead atoms. The van der Waals surface area contributed by atoms with Crippen LogP contribution in [0.4, 0.5) is 5.13 Å². The van der Waals surface area contributed by atoms with Gasteiger partial charge in [-0.2, -0.15) is 0 Å². The number of hydrogen-bond acceptors (Lipinski definition) is 6. The van der Waals surface area contributed by atoms with E-state index in [9.17, 15) is 4.79 Å². The summed E-state index contributed by atoms with van der Waals surface area (Å²) in [6.07, 6.45) is 6.56. The molecule has 6 heteroatoms. The van der Waals surface area contributed by atoms with E-state index >= 15 is 0 Å². The van der Waals surface area contributed by atoms with Gasteiger partial charge in [0, 0.05) is 35.8 Å². The number of methoxy groups -OCH3 is 1. The van der Waals surface area contributed by atoms with Crippen molar-refractivity contribution in [2.75, 3.05) is 18.6 Å². The third-order valence-corrected chi connectivity index (χ3v) is 5.96. The van der Waals surface area contributed by atoms with Crippen LogP contribution in [0.25, 0.3) is 11.3 Å². The molecule has 0 spiro atoms. The Hall–Kier alpha value is -2.73. The topological polar surface area (TPSA) is 55.3 Å². The predicted octanol–water partition coefficient (Wildman–Crippen LogP) is 4.17. The van der Waals surface area contributed by atoms with Gasteiger partial charge in [0.1, 0.15) is 12.0 Å². The van der Waals surface area contributed by atoms with Crippen LogP contribution in [0.2, 0.25) is 0 Å². The normalized spacial score (nSPS) is 19.7. The van der Waals surface area contributed by atoms with Crippen LogP contribution in [0.5, 0.6) is 5.75 Å². The molecule has 2 aromatic heterocycles. The van der Waals surface area contributed by atoms with Crippen molar-refractivity contribution in [2.24, 2.45) is 0 Å². The van der Waals surface area contributed by atoms with E-state index < -0.39 is 0 Å². The fraction of sp³-hybridized carbons (Fsp3) is 0.286. The molecule has 5 nitrogen and oxygen atoms in total. The van der Waals surface area contributed by atoms with E-state index in [-0.39, 0.29) is 12.0 Å². The van der Waals surface area contributed by atoms with Gasteiger partial charge in [0.05, 0.1) is 18.8 Å². The number of ether oxygens (including phenoxy) is 1. The third-order valence-electron chi connectivity index (χ3n) is 5.08. The van der Waals surface area contributed by atoms with Gasteiger partial charge in [0.25, 0.3) is 0 Å². The van der Waals surface area contributed by atoms with Gasteiger partial charge in [-0.3, -0.25) is 4.98 Å². The molecule has 1 aromatic carbocycles. The van der Waals surface area contributed by atoms with Crippen molar-refractivity contribution in [3.05, 3.63) is 59.7 Å². The minimum Gasteiger partial charge on any atom is -0.496 e. The summed E-state index contributed by atoms with van der Waals surface area (Å²) < 4.78 is 5.54. The summed E-state index contributed by atoms with van der Waals surface area (Å²) >= 11 is 1.58. The van der Waals surface area contributed by atoms with Crippen molar-refractivity contribution >= 4 is 22.8 Å². The molecule has 1 aliphatic heterocycles. The molecule has 1 saturated heterocycles. The maximum absolute atomic E-state index is 12.1. The minimum atomic E-state index is -0.244. The highest BCUT2D eigenvalue weighted by atomic mass is 32.1. The molecule has 2 atom stereocenters. The molecule has 0 saturated carbocycles. The van der Waals surface area contributed by atoms with E-state index in [1.54, 1.807) is 30.8 Å². The van der Waals surface area contributed by atoms with Gasteiger partial charge in [0.2, 0.25) is 0 Å². The van der Waals surface area contributed by atoms with Crippen LogP contribution in [0.15, 0.2) is 54.2 Å². The number of anilines is 1. The van der Waals surface area contributed by atoms with Gasteiger partial charge in [-0.05, 0) is 36.6 Å². The Kier molecular flexibility index (Phi) is 5.16. The van der Waals surface area contributed by atoms with Crippen molar-refractivity contribution in [2.45, 2.75) is 24.8 Å². The van der Waals surface area contributed by atoms with Gasteiger partial charge >= 0.3 is 0 Å². The van der Waals surface area contributed by atoms with Gasteiger partial charge in [-0.15, -0.1) is 11.3 Å². The molecule has 3 aromatic rings. The lowest BCUT2D eigenvalue weighted by atomic mass is 9.84. The smallest absolute Gasteiger partial charge is 0.186 e. The Morgan fingerprint density at radius 2 is 2.04 bits per heavy atom. The number of piperidine rings is 1. The molecular weight excluding hydrogens is 358 g/mol. The summed E-state index contributed by atoms with van der Waals surface area (Å²) in [7, 11) is 1.68. The van der Waals surface area contributed by atoms with Crippen LogP contribution in [0.1, 0.15) is 24.3 Å². The Balaban J connectivity index is 1.65. The summed E-state index contributed by atoms with van der Waals surface area (Å²) in [6.45, 7) is 0.832. The predicted molar refractivity (Wildman–Crippen MR) is 108 cm³/mol. The summed E-state index contributed by atoms with van der Waals surface area (Å²) in [4.78, 5) is 23.1. The number of carbonyl (C=O) groups excluding carboxylic acids is 1. The molecule has 2 unspecified atom stereocenters. The van der Waals surface area contributed by atoms with Crippen molar-refractivity contribution in [3.8, 4) is 17.0 Å². The van der Waals surface area contributed by atoms with Gasteiger partial charge < -0.3 is 14.4 Å². The highest BCUT2D eigenvalue weighted by molar-refractivity contribution is 7.14. The summed E-state index contributed by atoms with van der Waals surface area (Å²) in [5.74, 6) is 0.938. The second kappa shape index (κ2) is 7.88. The maximum atomic E-state index is 12.1. The number of rotatable bonds is 5. The monoisotopic (exact) mass is 379 g/mol. The van der Waals surface area contributed by atoms with Crippen LogP contribution >= 0.6 is 11.3 Å². The number of thiazole rings is 1. The lowest BCUT2D eigenvalue weighted by Gasteiger charge is -2.38. The number of hydrogen-bond donors (Lipinski definition) is 0. The first-order valence-corrected chi connectivity index (χ1v) is 9.90. The molecule has 138 valence electrons. The lowest BCUT2D eigenvalue weighted by Crippen LogP contribution is -2.45. The standard InChI is InChI=1S/C21H21N3O2S/c1-26-20-7-3-2-5-17(20)16-6-4-12-24(19(16)13-25)21-23-18(14-27-21)15-8-10-22-11-9-15/h2-3,5,7-11,13-14,16,19H,4,6,12H2,1H3.